The van der Waals surface area contributed by atoms with Crippen molar-refractivity contribution in [2.24, 2.45) is 0 Å². The summed E-state index contributed by atoms with van der Waals surface area (Å²) < 4.78 is 5.79. The first-order valence-corrected chi connectivity index (χ1v) is 5.15. The summed E-state index contributed by atoms with van der Waals surface area (Å²) in [5.74, 6) is 1.09. The number of nitrogens with one attached hydrogen (secondary N) is 1. The van der Waals surface area contributed by atoms with Crippen molar-refractivity contribution < 1.29 is 4.42 Å². The van der Waals surface area contributed by atoms with Crippen LogP contribution in [0.5, 0.6) is 0 Å². The van der Waals surface area contributed by atoms with Crippen LogP contribution in [0.25, 0.3) is 11.0 Å². The highest BCUT2D eigenvalue weighted by atomic mass is 16.3. The van der Waals surface area contributed by atoms with Crippen molar-refractivity contribution in [2.75, 3.05) is 6.54 Å². The van der Waals surface area contributed by atoms with Gasteiger partial charge in [0.2, 0.25) is 0 Å². The van der Waals surface area contributed by atoms with E-state index in [1.807, 2.05) is 18.2 Å². The molecule has 2 heteroatoms. The molecule has 1 aliphatic heterocycles. The molecule has 1 atom stereocenters. The molecule has 1 aromatic heterocycles. The number of fused-ring (bicyclic) bond motifs is 1. The normalized spacial score (nSPS) is 21.9. The minimum atomic E-state index is 0.433. The number of rotatable bonds is 1. The van der Waals surface area contributed by atoms with Crippen LogP contribution in [0.2, 0.25) is 0 Å². The van der Waals surface area contributed by atoms with Crippen molar-refractivity contribution in [1.29, 1.82) is 0 Å². The zero-order valence-electron chi connectivity index (χ0n) is 7.99. The summed E-state index contributed by atoms with van der Waals surface area (Å²) in [4.78, 5) is 0. The molecule has 0 amide bonds. The van der Waals surface area contributed by atoms with Crippen LogP contribution in [0.1, 0.15) is 24.6 Å². The third-order valence-corrected chi connectivity index (χ3v) is 2.85. The molecule has 1 saturated heterocycles. The summed E-state index contributed by atoms with van der Waals surface area (Å²) >= 11 is 0. The molecule has 2 heterocycles. The molecule has 72 valence electrons. The monoisotopic (exact) mass is 187 g/mol. The molecule has 2 nitrogen and oxygen atoms in total. The van der Waals surface area contributed by atoms with Gasteiger partial charge < -0.3 is 9.73 Å². The molecule has 0 spiro atoms. The number of benzene rings is 1. The van der Waals surface area contributed by atoms with Crippen molar-refractivity contribution in [3.05, 3.63) is 36.1 Å². The van der Waals surface area contributed by atoms with E-state index < -0.39 is 0 Å². The minimum Gasteiger partial charge on any atom is -0.459 e. The van der Waals surface area contributed by atoms with Gasteiger partial charge in [0.1, 0.15) is 11.3 Å². The maximum atomic E-state index is 5.79. The Morgan fingerprint density at radius 2 is 2.21 bits per heavy atom. The Morgan fingerprint density at radius 1 is 1.29 bits per heavy atom. The summed E-state index contributed by atoms with van der Waals surface area (Å²) in [5.41, 5.74) is 0.996. The second kappa shape index (κ2) is 3.14. The second-order valence-corrected chi connectivity index (χ2v) is 3.84. The number of hydrogen-bond acceptors (Lipinski definition) is 2. The zero-order valence-corrected chi connectivity index (χ0v) is 7.99. The van der Waals surface area contributed by atoms with Gasteiger partial charge >= 0.3 is 0 Å². The van der Waals surface area contributed by atoms with Crippen LogP contribution in [0.4, 0.5) is 0 Å². The molecule has 14 heavy (non-hydrogen) atoms. The molecular formula is C12H13NO. The topological polar surface area (TPSA) is 25.2 Å². The molecule has 0 aliphatic carbocycles. The lowest BCUT2D eigenvalue weighted by Crippen LogP contribution is -2.11. The van der Waals surface area contributed by atoms with E-state index in [1.165, 1.54) is 18.2 Å². The summed E-state index contributed by atoms with van der Waals surface area (Å²) in [6, 6.07) is 10.8. The van der Waals surface area contributed by atoms with Gasteiger partial charge in [-0.3, -0.25) is 0 Å². The number of para-hydroxylation sites is 1. The van der Waals surface area contributed by atoms with Crippen molar-refractivity contribution in [3.8, 4) is 0 Å². The third kappa shape index (κ3) is 1.23. The lowest BCUT2D eigenvalue weighted by atomic mass is 10.1. The molecule has 0 bridgehead atoms. The highest BCUT2D eigenvalue weighted by Gasteiger charge is 2.19. The average molecular weight is 187 g/mol. The van der Waals surface area contributed by atoms with E-state index in [4.69, 9.17) is 4.42 Å². The van der Waals surface area contributed by atoms with Gasteiger partial charge in [-0.25, -0.2) is 0 Å². The Balaban J connectivity index is 2.05. The SMILES string of the molecule is c1ccc2oc(C3CCCN3)cc2c1. The van der Waals surface area contributed by atoms with Crippen molar-refractivity contribution in [2.45, 2.75) is 18.9 Å². The van der Waals surface area contributed by atoms with Gasteiger partial charge in [0.15, 0.2) is 0 Å². The maximum absolute atomic E-state index is 5.79. The van der Waals surface area contributed by atoms with Crippen LogP contribution in [-0.4, -0.2) is 6.54 Å². The van der Waals surface area contributed by atoms with Crippen LogP contribution < -0.4 is 5.32 Å². The van der Waals surface area contributed by atoms with Crippen molar-refractivity contribution in [1.82, 2.24) is 5.32 Å². The Kier molecular flexibility index (Phi) is 1.81. The van der Waals surface area contributed by atoms with Crippen LogP contribution in [0.15, 0.2) is 34.7 Å². The fraction of sp³-hybridized carbons (Fsp3) is 0.333. The quantitative estimate of drug-likeness (QED) is 0.742. The molecule has 1 aromatic carbocycles. The van der Waals surface area contributed by atoms with Gasteiger partial charge in [-0.1, -0.05) is 18.2 Å². The molecular weight excluding hydrogens is 174 g/mol. The summed E-state index contributed by atoms with van der Waals surface area (Å²) in [6.07, 6.45) is 2.45. The summed E-state index contributed by atoms with van der Waals surface area (Å²) in [7, 11) is 0. The molecule has 1 fully saturated rings. The van der Waals surface area contributed by atoms with Crippen LogP contribution in [-0.2, 0) is 0 Å². The zero-order chi connectivity index (χ0) is 9.38. The maximum Gasteiger partial charge on any atom is 0.134 e. The van der Waals surface area contributed by atoms with E-state index in [-0.39, 0.29) is 0 Å². The highest BCUT2D eigenvalue weighted by molar-refractivity contribution is 5.77. The van der Waals surface area contributed by atoms with Crippen LogP contribution in [0.3, 0.4) is 0 Å². The first-order valence-electron chi connectivity index (χ1n) is 5.15. The predicted octanol–water partition coefficient (Wildman–Crippen LogP) is 2.86. The number of hydrogen-bond donors (Lipinski definition) is 1. The largest absolute Gasteiger partial charge is 0.459 e. The van der Waals surface area contributed by atoms with E-state index in [2.05, 4.69) is 17.4 Å². The van der Waals surface area contributed by atoms with Crippen LogP contribution in [0, 0.1) is 0 Å². The van der Waals surface area contributed by atoms with Crippen molar-refractivity contribution >= 4 is 11.0 Å². The fourth-order valence-corrected chi connectivity index (χ4v) is 2.10. The Morgan fingerprint density at radius 3 is 3.00 bits per heavy atom. The smallest absolute Gasteiger partial charge is 0.134 e. The molecule has 3 rings (SSSR count). The number of furan rings is 1. The first-order chi connectivity index (χ1) is 6.93. The minimum absolute atomic E-state index is 0.433. The van der Waals surface area contributed by atoms with E-state index in [9.17, 15) is 0 Å². The van der Waals surface area contributed by atoms with E-state index in [1.54, 1.807) is 0 Å². The molecule has 1 N–H and O–H groups in total. The highest BCUT2D eigenvalue weighted by Crippen LogP contribution is 2.28. The van der Waals surface area contributed by atoms with Gasteiger partial charge in [0.05, 0.1) is 6.04 Å². The standard InChI is InChI=1S/C12H13NO/c1-2-6-11-9(4-1)8-12(14-11)10-5-3-7-13-10/h1-2,4,6,8,10,13H,3,5,7H2. The average Bonchev–Trinajstić information content (AvgIpc) is 2.86. The molecule has 1 aliphatic rings. The van der Waals surface area contributed by atoms with Crippen LogP contribution >= 0.6 is 0 Å². The first kappa shape index (κ1) is 8.06. The predicted molar refractivity (Wildman–Crippen MR) is 56.2 cm³/mol. The molecule has 0 radical (unpaired) electrons. The lowest BCUT2D eigenvalue weighted by Gasteiger charge is -2.04. The van der Waals surface area contributed by atoms with E-state index >= 15 is 0 Å². The van der Waals surface area contributed by atoms with Gasteiger partial charge in [-0.05, 0) is 31.5 Å². The summed E-state index contributed by atoms with van der Waals surface area (Å²) in [6.45, 7) is 1.11. The Bertz CT molecular complexity index is 407. The molecule has 1 unspecified atom stereocenters. The second-order valence-electron chi connectivity index (χ2n) is 3.84. The van der Waals surface area contributed by atoms with Gasteiger partial charge in [0.25, 0.3) is 0 Å². The molecule has 0 saturated carbocycles. The van der Waals surface area contributed by atoms with Gasteiger partial charge in [0, 0.05) is 5.39 Å². The fourth-order valence-electron chi connectivity index (χ4n) is 2.10. The Hall–Kier alpha value is -1.28. The van der Waals surface area contributed by atoms with Gasteiger partial charge in [-0.2, -0.15) is 0 Å². The van der Waals surface area contributed by atoms with Crippen molar-refractivity contribution in [3.63, 3.8) is 0 Å². The Labute approximate surface area is 82.9 Å². The van der Waals surface area contributed by atoms with Gasteiger partial charge in [-0.15, -0.1) is 0 Å². The van der Waals surface area contributed by atoms with E-state index in [0.717, 1.165) is 17.9 Å². The summed E-state index contributed by atoms with van der Waals surface area (Å²) in [5, 5.41) is 4.64. The lowest BCUT2D eigenvalue weighted by molar-refractivity contribution is 0.471. The molecule has 2 aromatic rings. The van der Waals surface area contributed by atoms with E-state index in [0.29, 0.717) is 6.04 Å². The third-order valence-electron chi connectivity index (χ3n) is 2.85.